The average Bonchev–Trinajstić information content (AvgIpc) is 2.99. The lowest BCUT2D eigenvalue weighted by Crippen LogP contribution is -2.39. The van der Waals surface area contributed by atoms with Gasteiger partial charge >= 0.3 is 0 Å². The molecule has 26 heavy (non-hydrogen) atoms. The van der Waals surface area contributed by atoms with Gasteiger partial charge in [0.25, 0.3) is 0 Å². The molecule has 0 saturated carbocycles. The Bertz CT molecular complexity index is 1050. The van der Waals surface area contributed by atoms with Crippen LogP contribution in [0.1, 0.15) is 24.5 Å². The van der Waals surface area contributed by atoms with Gasteiger partial charge in [-0.15, -0.1) is 0 Å². The minimum absolute atomic E-state index is 0.0561. The Balaban J connectivity index is 1.66. The van der Waals surface area contributed by atoms with Crippen molar-refractivity contribution < 1.29 is 12.8 Å². The zero-order valence-electron chi connectivity index (χ0n) is 14.2. The Morgan fingerprint density at radius 3 is 2.65 bits per heavy atom. The normalized spacial score (nSPS) is 19.1. The van der Waals surface area contributed by atoms with Crippen molar-refractivity contribution in [1.29, 1.82) is 0 Å². The molecule has 0 bridgehead atoms. The third-order valence-corrected chi connectivity index (χ3v) is 6.59. The first-order valence-corrected chi connectivity index (χ1v) is 9.80. The average molecular weight is 375 g/mol. The number of rotatable bonds is 3. The number of fused-ring (bicyclic) bond motifs is 1. The van der Waals surface area contributed by atoms with Crippen molar-refractivity contribution >= 4 is 21.2 Å². The van der Waals surface area contributed by atoms with Crippen molar-refractivity contribution in [2.45, 2.75) is 23.7 Å². The minimum Gasteiger partial charge on any atom is -0.249 e. The van der Waals surface area contributed by atoms with E-state index in [4.69, 9.17) is 0 Å². The number of piperidine rings is 1. The first-order valence-electron chi connectivity index (χ1n) is 8.36. The van der Waals surface area contributed by atoms with E-state index in [-0.39, 0.29) is 10.8 Å². The van der Waals surface area contributed by atoms with Crippen molar-refractivity contribution in [3.8, 4) is 0 Å². The van der Waals surface area contributed by atoms with E-state index >= 15 is 0 Å². The van der Waals surface area contributed by atoms with E-state index in [1.165, 1.54) is 16.4 Å². The molecule has 1 atom stereocenters. The number of aryl methyl sites for hydroxylation is 1. The lowest BCUT2D eigenvalue weighted by molar-refractivity contribution is 0.312. The quantitative estimate of drug-likeness (QED) is 0.700. The Hall–Kier alpha value is -2.39. The van der Waals surface area contributed by atoms with Crippen molar-refractivity contribution in [3.05, 3.63) is 48.2 Å². The van der Waals surface area contributed by atoms with E-state index in [1.54, 1.807) is 24.1 Å². The SMILES string of the molecule is Cn1nc(C2CCCN(S(=O)(=O)c3ccc(F)cc3)C2)c2nccnc21. The summed E-state index contributed by atoms with van der Waals surface area (Å²) < 4.78 is 42.0. The summed E-state index contributed by atoms with van der Waals surface area (Å²) >= 11 is 0. The molecule has 136 valence electrons. The molecule has 0 spiro atoms. The summed E-state index contributed by atoms with van der Waals surface area (Å²) in [5.74, 6) is -0.515. The van der Waals surface area contributed by atoms with E-state index in [9.17, 15) is 12.8 Å². The molecule has 1 saturated heterocycles. The van der Waals surface area contributed by atoms with Crippen LogP contribution in [-0.4, -0.2) is 45.6 Å². The lowest BCUT2D eigenvalue weighted by atomic mass is 9.96. The van der Waals surface area contributed by atoms with Crippen LogP contribution in [0, 0.1) is 5.82 Å². The highest BCUT2D eigenvalue weighted by Gasteiger charge is 2.33. The summed E-state index contributed by atoms with van der Waals surface area (Å²) in [6, 6.07) is 4.93. The molecule has 3 aromatic rings. The fourth-order valence-electron chi connectivity index (χ4n) is 3.42. The number of hydrogen-bond donors (Lipinski definition) is 0. The maximum Gasteiger partial charge on any atom is 0.243 e. The molecule has 1 fully saturated rings. The molecule has 1 aromatic carbocycles. The van der Waals surface area contributed by atoms with Gasteiger partial charge in [0.1, 0.15) is 11.3 Å². The molecule has 9 heteroatoms. The predicted molar refractivity (Wildman–Crippen MR) is 93.4 cm³/mol. The molecule has 0 radical (unpaired) electrons. The van der Waals surface area contributed by atoms with Gasteiger partial charge in [0, 0.05) is 38.4 Å². The second-order valence-electron chi connectivity index (χ2n) is 6.39. The van der Waals surface area contributed by atoms with Gasteiger partial charge < -0.3 is 0 Å². The lowest BCUT2D eigenvalue weighted by Gasteiger charge is -2.31. The maximum atomic E-state index is 13.1. The fourth-order valence-corrected chi connectivity index (χ4v) is 4.94. The Morgan fingerprint density at radius 1 is 1.15 bits per heavy atom. The monoisotopic (exact) mass is 375 g/mol. The van der Waals surface area contributed by atoms with Crippen LogP contribution in [0.2, 0.25) is 0 Å². The summed E-state index contributed by atoms with van der Waals surface area (Å²) in [6.07, 6.45) is 4.78. The zero-order valence-corrected chi connectivity index (χ0v) is 15.0. The Morgan fingerprint density at radius 2 is 1.88 bits per heavy atom. The molecule has 0 N–H and O–H groups in total. The molecule has 7 nitrogen and oxygen atoms in total. The number of benzene rings is 1. The van der Waals surface area contributed by atoms with Crippen LogP contribution >= 0.6 is 0 Å². The Labute approximate surface area is 150 Å². The summed E-state index contributed by atoms with van der Waals surface area (Å²) in [4.78, 5) is 8.77. The van der Waals surface area contributed by atoms with Crippen LogP contribution in [0.3, 0.4) is 0 Å². The van der Waals surface area contributed by atoms with Gasteiger partial charge in [0.2, 0.25) is 10.0 Å². The van der Waals surface area contributed by atoms with Crippen molar-refractivity contribution in [1.82, 2.24) is 24.1 Å². The highest BCUT2D eigenvalue weighted by molar-refractivity contribution is 7.89. The van der Waals surface area contributed by atoms with Gasteiger partial charge in [-0.1, -0.05) is 0 Å². The number of halogens is 1. The third-order valence-electron chi connectivity index (χ3n) is 4.71. The molecule has 0 aliphatic carbocycles. The zero-order chi connectivity index (χ0) is 18.3. The predicted octanol–water partition coefficient (Wildman–Crippen LogP) is 2.07. The van der Waals surface area contributed by atoms with Crippen LogP contribution in [0.15, 0.2) is 41.6 Å². The molecule has 2 aromatic heterocycles. The van der Waals surface area contributed by atoms with E-state index in [0.29, 0.717) is 24.3 Å². The summed E-state index contributed by atoms with van der Waals surface area (Å²) in [6.45, 7) is 0.759. The van der Waals surface area contributed by atoms with Crippen molar-refractivity contribution in [2.24, 2.45) is 7.05 Å². The van der Waals surface area contributed by atoms with Crippen molar-refractivity contribution in [2.75, 3.05) is 13.1 Å². The molecular formula is C17H18FN5O2S. The standard InChI is InChI=1S/C17H18FN5O2S/c1-22-17-16(19-8-9-20-17)15(21-22)12-3-2-10-23(11-12)26(24,25)14-6-4-13(18)5-7-14/h4-9,12H,2-3,10-11H2,1H3. The molecule has 1 unspecified atom stereocenters. The second-order valence-corrected chi connectivity index (χ2v) is 8.33. The number of hydrogen-bond acceptors (Lipinski definition) is 5. The first kappa shape index (κ1) is 17.0. The summed E-state index contributed by atoms with van der Waals surface area (Å²) in [7, 11) is -1.87. The smallest absolute Gasteiger partial charge is 0.243 e. The van der Waals surface area contributed by atoms with Crippen molar-refractivity contribution in [3.63, 3.8) is 0 Å². The minimum atomic E-state index is -3.67. The third kappa shape index (κ3) is 2.86. The largest absolute Gasteiger partial charge is 0.249 e. The first-order chi connectivity index (χ1) is 12.5. The number of aromatic nitrogens is 4. The maximum absolute atomic E-state index is 13.1. The van der Waals surface area contributed by atoms with E-state index in [1.807, 2.05) is 0 Å². The van der Waals surface area contributed by atoms with Gasteiger partial charge in [0.15, 0.2) is 5.65 Å². The number of sulfonamides is 1. The van der Waals surface area contributed by atoms with E-state index in [0.717, 1.165) is 30.7 Å². The molecule has 1 aliphatic heterocycles. The van der Waals surface area contributed by atoms with Crippen LogP contribution in [0.4, 0.5) is 4.39 Å². The van der Waals surface area contributed by atoms with Gasteiger partial charge in [-0.2, -0.15) is 9.40 Å². The van der Waals surface area contributed by atoms with Gasteiger partial charge in [-0.25, -0.2) is 27.5 Å². The van der Waals surface area contributed by atoms with Crippen LogP contribution in [-0.2, 0) is 17.1 Å². The summed E-state index contributed by atoms with van der Waals surface area (Å²) in [5, 5.41) is 4.53. The summed E-state index contributed by atoms with van der Waals surface area (Å²) in [5.41, 5.74) is 2.16. The topological polar surface area (TPSA) is 81.0 Å². The van der Waals surface area contributed by atoms with Crippen LogP contribution in [0.25, 0.3) is 11.2 Å². The van der Waals surface area contributed by atoms with Crippen LogP contribution < -0.4 is 0 Å². The number of nitrogens with zero attached hydrogens (tertiary/aromatic N) is 5. The highest BCUT2D eigenvalue weighted by Crippen LogP contribution is 2.32. The molecule has 1 aliphatic rings. The van der Waals surface area contributed by atoms with Gasteiger partial charge in [0.05, 0.1) is 10.6 Å². The molecular weight excluding hydrogens is 357 g/mol. The fraction of sp³-hybridized carbons (Fsp3) is 0.353. The van der Waals surface area contributed by atoms with E-state index in [2.05, 4.69) is 15.1 Å². The van der Waals surface area contributed by atoms with E-state index < -0.39 is 15.8 Å². The van der Waals surface area contributed by atoms with Gasteiger partial charge in [-0.3, -0.25) is 0 Å². The van der Waals surface area contributed by atoms with Crippen LogP contribution in [0.5, 0.6) is 0 Å². The van der Waals surface area contributed by atoms with Gasteiger partial charge in [-0.05, 0) is 37.1 Å². The molecule has 4 rings (SSSR count). The molecule has 3 heterocycles. The second kappa shape index (κ2) is 6.40. The Kier molecular flexibility index (Phi) is 4.20. The highest BCUT2D eigenvalue weighted by atomic mass is 32.2. The molecule has 0 amide bonds.